The lowest BCUT2D eigenvalue weighted by Gasteiger charge is -2.19. The standard InChI is InChI=1S/C52H36F6N4O2/c53-51(54,55)39-25-27-43-45(33-39)61(49(63)47(43)59-41-19-11-17-37(31-41)23-21-35-13-5-3-6-14-35)29-9-1-2-10-30-62-46-34-40(52(56,57)58)26-28-44(46)48(50(62)64)60-42-20-12-18-38(32-42)24-22-36-15-7-4-8-16-36/h3-8,11-20,25-28,31-34H,1-2,9-10,29-30H2. The molecule has 0 aromatic heterocycles. The molecule has 0 saturated carbocycles. The lowest BCUT2D eigenvalue weighted by atomic mass is 10.1. The predicted molar refractivity (Wildman–Crippen MR) is 236 cm³/mol. The minimum Gasteiger partial charge on any atom is -0.306 e. The van der Waals surface area contributed by atoms with Gasteiger partial charge in [0, 0.05) is 46.5 Å². The van der Waals surface area contributed by atoms with Gasteiger partial charge >= 0.3 is 12.4 Å². The summed E-state index contributed by atoms with van der Waals surface area (Å²) in [4.78, 5) is 39.6. The van der Waals surface area contributed by atoms with Crippen LogP contribution in [0.25, 0.3) is 0 Å². The smallest absolute Gasteiger partial charge is 0.306 e. The Kier molecular flexibility index (Phi) is 12.3. The number of amides is 2. The molecule has 6 aromatic rings. The summed E-state index contributed by atoms with van der Waals surface area (Å²) >= 11 is 0. The molecule has 0 atom stereocenters. The SMILES string of the molecule is O=C1C(=Nc2cccc(C#Cc3ccccc3)c2)c2ccc(C(F)(F)F)cc2N1CCCCCCN1C(=O)C(=Nc2cccc(C#Cc3ccccc3)c2)c2ccc(C(F)(F)F)cc21. The molecule has 0 N–H and O–H groups in total. The van der Waals surface area contributed by atoms with Crippen LogP contribution in [0.5, 0.6) is 0 Å². The Labute approximate surface area is 365 Å². The molecule has 8 rings (SSSR count). The quantitative estimate of drug-likeness (QED) is 0.0826. The molecule has 0 saturated heterocycles. The van der Waals surface area contributed by atoms with Crippen molar-refractivity contribution in [2.24, 2.45) is 9.98 Å². The molecule has 2 amide bonds. The fourth-order valence-corrected chi connectivity index (χ4v) is 7.42. The molecule has 2 aliphatic rings. The van der Waals surface area contributed by atoms with Gasteiger partial charge in [0.2, 0.25) is 0 Å². The number of nitrogens with zero attached hydrogens (tertiary/aromatic N) is 4. The number of alkyl halides is 6. The molecule has 0 bridgehead atoms. The van der Waals surface area contributed by atoms with Gasteiger partial charge in [-0.25, -0.2) is 9.98 Å². The van der Waals surface area contributed by atoms with Crippen LogP contribution in [-0.2, 0) is 21.9 Å². The Hall–Kier alpha value is -7.70. The Morgan fingerprint density at radius 3 is 1.19 bits per heavy atom. The summed E-state index contributed by atoms with van der Waals surface area (Å²) in [5.41, 5.74) is 2.66. The first-order valence-corrected chi connectivity index (χ1v) is 20.4. The number of hydrogen-bond acceptors (Lipinski definition) is 4. The fourth-order valence-electron chi connectivity index (χ4n) is 7.42. The first-order chi connectivity index (χ1) is 30.8. The first-order valence-electron chi connectivity index (χ1n) is 20.4. The van der Waals surface area contributed by atoms with Gasteiger partial charge in [-0.05, 0) is 110 Å². The number of benzene rings is 6. The van der Waals surface area contributed by atoms with Crippen molar-refractivity contribution in [3.63, 3.8) is 0 Å². The summed E-state index contributed by atoms with van der Waals surface area (Å²) in [6, 6.07) is 38.9. The molecule has 12 heteroatoms. The summed E-state index contributed by atoms with van der Waals surface area (Å²) in [5.74, 6) is 11.2. The zero-order chi connectivity index (χ0) is 44.8. The van der Waals surface area contributed by atoms with E-state index in [1.54, 1.807) is 48.5 Å². The van der Waals surface area contributed by atoms with Crippen LogP contribution in [0.4, 0.5) is 49.1 Å². The van der Waals surface area contributed by atoms with Crippen LogP contribution in [0.15, 0.2) is 156 Å². The van der Waals surface area contributed by atoms with E-state index in [2.05, 4.69) is 33.7 Å². The minimum atomic E-state index is -4.65. The van der Waals surface area contributed by atoms with Crippen molar-refractivity contribution in [3.05, 3.63) is 190 Å². The van der Waals surface area contributed by atoms with E-state index in [1.165, 1.54) is 21.9 Å². The normalized spacial score (nSPS) is 14.6. The van der Waals surface area contributed by atoms with Crippen LogP contribution < -0.4 is 9.80 Å². The maximum absolute atomic E-state index is 13.9. The van der Waals surface area contributed by atoms with Gasteiger partial charge in [0.05, 0.1) is 33.9 Å². The maximum atomic E-state index is 13.9. The van der Waals surface area contributed by atoms with Crippen molar-refractivity contribution in [3.8, 4) is 23.7 Å². The Balaban J connectivity index is 0.958. The average molecular weight is 863 g/mol. The van der Waals surface area contributed by atoms with E-state index in [0.717, 1.165) is 35.4 Å². The van der Waals surface area contributed by atoms with E-state index >= 15 is 0 Å². The fraction of sp³-hybridized carbons (Fsp3) is 0.154. The highest BCUT2D eigenvalue weighted by atomic mass is 19.4. The van der Waals surface area contributed by atoms with Crippen LogP contribution in [0.1, 0.15) is 70.2 Å². The molecule has 2 heterocycles. The molecule has 0 fully saturated rings. The largest absolute Gasteiger partial charge is 0.416 e. The van der Waals surface area contributed by atoms with Gasteiger partial charge < -0.3 is 9.80 Å². The average Bonchev–Trinajstić information content (AvgIpc) is 3.70. The number of halogens is 6. The third-order valence-electron chi connectivity index (χ3n) is 10.6. The first kappa shape index (κ1) is 43.0. The lowest BCUT2D eigenvalue weighted by molar-refractivity contribution is -0.138. The zero-order valence-electron chi connectivity index (χ0n) is 34.0. The van der Waals surface area contributed by atoms with E-state index in [1.807, 2.05) is 60.7 Å². The number of aliphatic imine (C=N–C) groups is 2. The monoisotopic (exact) mass is 862 g/mol. The maximum Gasteiger partial charge on any atom is 0.416 e. The van der Waals surface area contributed by atoms with E-state index in [-0.39, 0.29) is 47.0 Å². The van der Waals surface area contributed by atoms with Crippen molar-refractivity contribution in [1.82, 2.24) is 0 Å². The van der Waals surface area contributed by atoms with Gasteiger partial charge in [0.25, 0.3) is 11.8 Å². The number of carbonyl (C=O) groups is 2. The molecule has 0 radical (unpaired) electrons. The Morgan fingerprint density at radius 2 is 0.797 bits per heavy atom. The van der Waals surface area contributed by atoms with E-state index in [4.69, 9.17) is 0 Å². The predicted octanol–water partition coefficient (Wildman–Crippen LogP) is 11.7. The highest BCUT2D eigenvalue weighted by Gasteiger charge is 2.39. The number of hydrogen-bond donors (Lipinski definition) is 0. The number of anilines is 2. The summed E-state index contributed by atoms with van der Waals surface area (Å²) in [5, 5.41) is 0. The number of rotatable bonds is 9. The third-order valence-corrected chi connectivity index (χ3v) is 10.6. The lowest BCUT2D eigenvalue weighted by Crippen LogP contribution is -2.31. The van der Waals surface area contributed by atoms with Crippen LogP contribution >= 0.6 is 0 Å². The third kappa shape index (κ3) is 9.83. The topological polar surface area (TPSA) is 65.3 Å². The van der Waals surface area contributed by atoms with Crippen molar-refractivity contribution in [2.75, 3.05) is 22.9 Å². The highest BCUT2D eigenvalue weighted by molar-refractivity contribution is 6.55. The molecule has 0 spiro atoms. The number of fused-ring (bicyclic) bond motifs is 2. The molecule has 0 unspecified atom stereocenters. The van der Waals surface area contributed by atoms with Gasteiger partial charge in [0.15, 0.2) is 0 Å². The molecule has 6 nitrogen and oxygen atoms in total. The summed E-state index contributed by atoms with van der Waals surface area (Å²) in [7, 11) is 0. The van der Waals surface area contributed by atoms with Gasteiger partial charge in [-0.1, -0.05) is 85.1 Å². The van der Waals surface area contributed by atoms with Crippen molar-refractivity contribution < 1.29 is 35.9 Å². The molecule has 2 aliphatic heterocycles. The van der Waals surface area contributed by atoms with E-state index < -0.39 is 35.3 Å². The molecule has 64 heavy (non-hydrogen) atoms. The Bertz CT molecular complexity index is 2740. The van der Waals surface area contributed by atoms with Gasteiger partial charge in [-0.2, -0.15) is 26.3 Å². The molecule has 6 aromatic carbocycles. The second-order valence-corrected chi connectivity index (χ2v) is 15.0. The van der Waals surface area contributed by atoms with Crippen LogP contribution in [0.2, 0.25) is 0 Å². The number of carbonyl (C=O) groups excluding carboxylic acids is 2. The molecule has 0 aliphatic carbocycles. The van der Waals surface area contributed by atoms with E-state index in [0.29, 0.717) is 48.2 Å². The molecule has 318 valence electrons. The minimum absolute atomic E-state index is 0.00522. The number of unbranched alkanes of at least 4 members (excludes halogenated alkanes) is 3. The van der Waals surface area contributed by atoms with Crippen molar-refractivity contribution in [2.45, 2.75) is 38.0 Å². The van der Waals surface area contributed by atoms with Gasteiger partial charge in [-0.15, -0.1) is 0 Å². The second kappa shape index (κ2) is 18.3. The second-order valence-electron chi connectivity index (χ2n) is 15.0. The summed E-state index contributed by atoms with van der Waals surface area (Å²) in [6.45, 7) is 0.168. The highest BCUT2D eigenvalue weighted by Crippen LogP contribution is 2.39. The zero-order valence-corrected chi connectivity index (χ0v) is 34.0. The molecular formula is C52H36F6N4O2. The molecular weight excluding hydrogens is 827 g/mol. The van der Waals surface area contributed by atoms with Crippen molar-refractivity contribution >= 4 is 46.0 Å². The van der Waals surface area contributed by atoms with Crippen LogP contribution in [-0.4, -0.2) is 36.3 Å². The van der Waals surface area contributed by atoms with Crippen LogP contribution in [0.3, 0.4) is 0 Å². The van der Waals surface area contributed by atoms with E-state index in [9.17, 15) is 35.9 Å². The van der Waals surface area contributed by atoms with Crippen molar-refractivity contribution in [1.29, 1.82) is 0 Å². The Morgan fingerprint density at radius 1 is 0.422 bits per heavy atom. The van der Waals surface area contributed by atoms with Gasteiger partial charge in [-0.3, -0.25) is 9.59 Å². The van der Waals surface area contributed by atoms with Crippen LogP contribution in [0, 0.1) is 23.7 Å². The summed E-state index contributed by atoms with van der Waals surface area (Å²) < 4.78 is 83.2. The van der Waals surface area contributed by atoms with Gasteiger partial charge in [0.1, 0.15) is 11.4 Å². The summed E-state index contributed by atoms with van der Waals surface area (Å²) in [6.07, 6.45) is -7.51.